The fourth-order valence-corrected chi connectivity index (χ4v) is 0.720. The Bertz CT molecular complexity index is 123. The van der Waals surface area contributed by atoms with Crippen LogP contribution in [0.5, 0.6) is 0 Å². The van der Waals surface area contributed by atoms with Gasteiger partial charge in [0.1, 0.15) is 0 Å². The number of hydrogen-bond acceptors (Lipinski definition) is 4. The minimum atomic E-state index is -0.867. The van der Waals surface area contributed by atoms with Crippen molar-refractivity contribution in [1.82, 2.24) is 4.90 Å². The molecule has 0 aromatic heterocycles. The van der Waals surface area contributed by atoms with Crippen LogP contribution in [-0.4, -0.2) is 42.2 Å². The molecule has 4 nitrogen and oxygen atoms in total. The van der Waals surface area contributed by atoms with Crippen molar-refractivity contribution in [3.8, 4) is 0 Å². The molecule has 1 atom stereocenters. The molecule has 3 N–H and O–H groups in total. The lowest BCUT2D eigenvalue weighted by atomic mass is 10.2. The second-order valence-corrected chi connectivity index (χ2v) is 3.83. The van der Waals surface area contributed by atoms with Gasteiger partial charge in [-0.1, -0.05) is 0 Å². The lowest BCUT2D eigenvalue weighted by molar-refractivity contribution is -0.231. The molecular formula is C8H20N2O2. The highest BCUT2D eigenvalue weighted by Gasteiger charge is 2.19. The molecule has 0 bridgehead atoms. The van der Waals surface area contributed by atoms with Gasteiger partial charge in [-0.25, -0.2) is 0 Å². The van der Waals surface area contributed by atoms with Crippen LogP contribution in [-0.2, 0) is 4.74 Å². The molecule has 0 aliphatic carbocycles. The summed E-state index contributed by atoms with van der Waals surface area (Å²) in [6, 6.07) is 0. The summed E-state index contributed by atoms with van der Waals surface area (Å²) in [5.41, 5.74) is 4.99. The van der Waals surface area contributed by atoms with Gasteiger partial charge in [-0.2, -0.15) is 0 Å². The van der Waals surface area contributed by atoms with E-state index >= 15 is 0 Å². The predicted molar refractivity (Wildman–Crippen MR) is 48.5 cm³/mol. The van der Waals surface area contributed by atoms with E-state index in [0.717, 1.165) is 0 Å². The summed E-state index contributed by atoms with van der Waals surface area (Å²) in [5.74, 6) is 0. The Balaban J connectivity index is 3.78. The van der Waals surface area contributed by atoms with Gasteiger partial charge in [0.05, 0.1) is 5.60 Å². The van der Waals surface area contributed by atoms with Gasteiger partial charge in [0.15, 0.2) is 0 Å². The van der Waals surface area contributed by atoms with Crippen LogP contribution in [0.1, 0.15) is 20.8 Å². The number of rotatable bonds is 4. The SMILES string of the molecule is CN(CCN)C(O)OC(C)(C)C. The Kier molecular flexibility index (Phi) is 4.70. The van der Waals surface area contributed by atoms with Crippen LogP contribution in [0.3, 0.4) is 0 Å². The zero-order chi connectivity index (χ0) is 9.78. The Labute approximate surface area is 74.3 Å². The molecule has 0 aliphatic heterocycles. The number of nitrogens with zero attached hydrogens (tertiary/aromatic N) is 1. The van der Waals surface area contributed by atoms with Gasteiger partial charge < -0.3 is 15.6 Å². The van der Waals surface area contributed by atoms with Crippen molar-refractivity contribution in [3.63, 3.8) is 0 Å². The zero-order valence-corrected chi connectivity index (χ0v) is 8.37. The van der Waals surface area contributed by atoms with Crippen LogP contribution in [0.15, 0.2) is 0 Å². The van der Waals surface area contributed by atoms with Gasteiger partial charge in [0.25, 0.3) is 0 Å². The number of aliphatic hydroxyl groups excluding tert-OH is 1. The van der Waals surface area contributed by atoms with Crippen molar-refractivity contribution in [2.45, 2.75) is 32.8 Å². The number of aliphatic hydroxyl groups is 1. The first-order valence-electron chi connectivity index (χ1n) is 4.13. The lowest BCUT2D eigenvalue weighted by Gasteiger charge is -2.29. The number of nitrogens with two attached hydrogens (primary N) is 1. The first-order valence-corrected chi connectivity index (χ1v) is 4.13. The third-order valence-corrected chi connectivity index (χ3v) is 1.32. The molecule has 0 rings (SSSR count). The molecule has 0 fully saturated rings. The van der Waals surface area contributed by atoms with Crippen molar-refractivity contribution in [3.05, 3.63) is 0 Å². The van der Waals surface area contributed by atoms with E-state index in [2.05, 4.69) is 0 Å². The molecule has 1 unspecified atom stereocenters. The average molecular weight is 176 g/mol. The molecule has 0 radical (unpaired) electrons. The van der Waals surface area contributed by atoms with E-state index in [9.17, 15) is 5.11 Å². The van der Waals surface area contributed by atoms with Crippen LogP contribution in [0.25, 0.3) is 0 Å². The molecule has 4 heteroatoms. The predicted octanol–water partition coefficient (Wildman–Crippen LogP) is -0.0321. The summed E-state index contributed by atoms with van der Waals surface area (Å²) in [4.78, 5) is 1.66. The van der Waals surface area contributed by atoms with Crippen molar-refractivity contribution >= 4 is 0 Å². The summed E-state index contributed by atoms with van der Waals surface area (Å²) >= 11 is 0. The van der Waals surface area contributed by atoms with E-state index in [1.807, 2.05) is 20.8 Å². The highest BCUT2D eigenvalue weighted by Crippen LogP contribution is 2.10. The molecule has 0 spiro atoms. The van der Waals surface area contributed by atoms with E-state index in [1.54, 1.807) is 11.9 Å². The second kappa shape index (κ2) is 4.77. The fraction of sp³-hybridized carbons (Fsp3) is 1.00. The summed E-state index contributed by atoms with van der Waals surface area (Å²) in [5, 5.41) is 9.43. The Morgan fingerprint density at radius 1 is 1.50 bits per heavy atom. The van der Waals surface area contributed by atoms with E-state index in [-0.39, 0.29) is 5.60 Å². The van der Waals surface area contributed by atoms with E-state index in [1.165, 1.54) is 0 Å². The maximum Gasteiger partial charge on any atom is 0.216 e. The number of likely N-dealkylation sites (N-methyl/N-ethyl adjacent to an activating group) is 1. The van der Waals surface area contributed by atoms with Crippen LogP contribution in [0.4, 0.5) is 0 Å². The van der Waals surface area contributed by atoms with Crippen molar-refractivity contribution in [1.29, 1.82) is 0 Å². The summed E-state index contributed by atoms with van der Waals surface area (Å²) in [6.07, 6.45) is -0.867. The molecule has 0 heterocycles. The maximum absolute atomic E-state index is 9.43. The molecule has 0 saturated heterocycles. The third kappa shape index (κ3) is 5.49. The molecule has 0 amide bonds. The number of hydrogen-bond donors (Lipinski definition) is 2. The molecule has 0 aromatic carbocycles. The quantitative estimate of drug-likeness (QED) is 0.590. The topological polar surface area (TPSA) is 58.7 Å². The Morgan fingerprint density at radius 2 is 2.00 bits per heavy atom. The van der Waals surface area contributed by atoms with Gasteiger partial charge in [-0.15, -0.1) is 0 Å². The first-order chi connectivity index (χ1) is 5.37. The fourth-order valence-electron chi connectivity index (χ4n) is 0.720. The Morgan fingerprint density at radius 3 is 2.33 bits per heavy atom. The van der Waals surface area contributed by atoms with Gasteiger partial charge in [0.2, 0.25) is 6.41 Å². The van der Waals surface area contributed by atoms with E-state index < -0.39 is 6.41 Å². The molecule has 0 saturated carbocycles. The van der Waals surface area contributed by atoms with Crippen LogP contribution in [0.2, 0.25) is 0 Å². The van der Waals surface area contributed by atoms with Gasteiger partial charge in [-0.05, 0) is 27.8 Å². The third-order valence-electron chi connectivity index (χ3n) is 1.32. The van der Waals surface area contributed by atoms with E-state index in [4.69, 9.17) is 10.5 Å². The molecular weight excluding hydrogens is 156 g/mol. The van der Waals surface area contributed by atoms with E-state index in [0.29, 0.717) is 13.1 Å². The van der Waals surface area contributed by atoms with Gasteiger partial charge in [0, 0.05) is 13.1 Å². The highest BCUT2D eigenvalue weighted by atomic mass is 16.6. The van der Waals surface area contributed by atoms with Crippen molar-refractivity contribution in [2.24, 2.45) is 5.73 Å². The average Bonchev–Trinajstić information content (AvgIpc) is 1.84. The molecule has 74 valence electrons. The normalized spacial score (nSPS) is 15.2. The van der Waals surface area contributed by atoms with Crippen LogP contribution < -0.4 is 5.73 Å². The monoisotopic (exact) mass is 176 g/mol. The van der Waals surface area contributed by atoms with Gasteiger partial charge >= 0.3 is 0 Å². The minimum Gasteiger partial charge on any atom is -0.356 e. The molecule has 0 aliphatic rings. The number of ether oxygens (including phenoxy) is 1. The minimum absolute atomic E-state index is 0.331. The lowest BCUT2D eigenvalue weighted by Crippen LogP contribution is -2.41. The Hall–Kier alpha value is -0.160. The van der Waals surface area contributed by atoms with Gasteiger partial charge in [-0.3, -0.25) is 4.90 Å². The van der Waals surface area contributed by atoms with Crippen molar-refractivity contribution in [2.75, 3.05) is 20.1 Å². The highest BCUT2D eigenvalue weighted by molar-refractivity contribution is 4.60. The molecule has 12 heavy (non-hydrogen) atoms. The smallest absolute Gasteiger partial charge is 0.216 e. The summed E-state index contributed by atoms with van der Waals surface area (Å²) in [7, 11) is 1.77. The van der Waals surface area contributed by atoms with Crippen molar-refractivity contribution < 1.29 is 9.84 Å². The van der Waals surface area contributed by atoms with Crippen LogP contribution >= 0.6 is 0 Å². The zero-order valence-electron chi connectivity index (χ0n) is 8.37. The summed E-state index contributed by atoms with van der Waals surface area (Å²) in [6.45, 7) is 6.82. The maximum atomic E-state index is 9.43. The summed E-state index contributed by atoms with van der Waals surface area (Å²) < 4.78 is 5.28. The van der Waals surface area contributed by atoms with Crippen LogP contribution in [0, 0.1) is 0 Å². The second-order valence-electron chi connectivity index (χ2n) is 3.83. The largest absolute Gasteiger partial charge is 0.356 e. The molecule has 0 aromatic rings. The first kappa shape index (κ1) is 11.8. The standard InChI is InChI=1S/C8H20N2O2/c1-8(2,3)12-7(11)10(4)6-5-9/h7,11H,5-6,9H2,1-4H3.